The van der Waals surface area contributed by atoms with Crippen LogP contribution in [0.25, 0.3) is 0 Å². The average Bonchev–Trinajstić information content (AvgIpc) is 2.58. The lowest BCUT2D eigenvalue weighted by Gasteiger charge is -2.18. The first kappa shape index (κ1) is 11.5. The summed E-state index contributed by atoms with van der Waals surface area (Å²) in [6, 6.07) is 10.2. The Bertz CT molecular complexity index is 380. The van der Waals surface area contributed by atoms with Crippen molar-refractivity contribution in [1.82, 2.24) is 4.90 Å². The third kappa shape index (κ3) is 2.23. The fourth-order valence-electron chi connectivity index (χ4n) is 1.85. The summed E-state index contributed by atoms with van der Waals surface area (Å²) >= 11 is 1.65. The molecule has 0 amide bonds. The molecule has 1 aliphatic rings. The molecule has 0 aliphatic carbocycles. The number of rotatable bonds is 2. The van der Waals surface area contributed by atoms with E-state index in [2.05, 4.69) is 17.1 Å². The van der Waals surface area contributed by atoms with Gasteiger partial charge in [-0.15, -0.1) is 0 Å². The van der Waals surface area contributed by atoms with E-state index in [0.29, 0.717) is 0 Å². The van der Waals surface area contributed by atoms with Crippen molar-refractivity contribution in [2.75, 3.05) is 14.1 Å². The number of benzene rings is 1. The Hall–Kier alpha value is -1.00. The van der Waals surface area contributed by atoms with E-state index in [1.807, 2.05) is 30.1 Å². The maximum Gasteiger partial charge on any atom is 0.161 e. The molecular weight excluding hydrogens is 220 g/mol. The fraction of sp³-hybridized carbons (Fsp3) is 0.417. The maximum atomic E-state index is 10.0. The number of thioether (sulfide) groups is 1. The van der Waals surface area contributed by atoms with Crippen molar-refractivity contribution in [3.8, 4) is 0 Å². The molecule has 4 heteroatoms. The zero-order valence-electron chi connectivity index (χ0n) is 9.50. The van der Waals surface area contributed by atoms with Crippen LogP contribution < -0.4 is 0 Å². The standard InChI is InChI=1S/C12H16N2OS/c1-13-12-14(2)11(15)10(16-12)8-9-6-4-3-5-7-9/h3-7,10-11,15H,8H2,1-2H3/t10-,11-/m0/s1. The van der Waals surface area contributed by atoms with Gasteiger partial charge >= 0.3 is 0 Å². The van der Waals surface area contributed by atoms with Crippen LogP contribution in [0.5, 0.6) is 0 Å². The molecule has 1 N–H and O–H groups in total. The van der Waals surface area contributed by atoms with E-state index in [0.717, 1.165) is 11.6 Å². The van der Waals surface area contributed by atoms with Gasteiger partial charge in [-0.2, -0.15) is 0 Å². The molecule has 1 aromatic rings. The summed E-state index contributed by atoms with van der Waals surface area (Å²) in [7, 11) is 3.64. The van der Waals surface area contributed by atoms with E-state index in [1.165, 1.54) is 5.56 Å². The minimum Gasteiger partial charge on any atom is -0.372 e. The summed E-state index contributed by atoms with van der Waals surface area (Å²) in [5, 5.41) is 11.1. The number of hydrogen-bond acceptors (Lipinski definition) is 3. The van der Waals surface area contributed by atoms with Gasteiger partial charge in [-0.05, 0) is 12.0 Å². The van der Waals surface area contributed by atoms with Crippen molar-refractivity contribution in [3.63, 3.8) is 0 Å². The number of aliphatic hydroxyl groups is 1. The van der Waals surface area contributed by atoms with Crippen LogP contribution >= 0.6 is 11.8 Å². The van der Waals surface area contributed by atoms with Gasteiger partial charge in [0, 0.05) is 14.1 Å². The Morgan fingerprint density at radius 3 is 2.62 bits per heavy atom. The first-order valence-corrected chi connectivity index (χ1v) is 6.18. The highest BCUT2D eigenvalue weighted by Crippen LogP contribution is 2.31. The molecule has 3 nitrogen and oxygen atoms in total. The highest BCUT2D eigenvalue weighted by Gasteiger charge is 2.35. The largest absolute Gasteiger partial charge is 0.372 e. The van der Waals surface area contributed by atoms with Gasteiger partial charge < -0.3 is 10.0 Å². The molecule has 0 radical (unpaired) electrons. The Balaban J connectivity index is 2.07. The second kappa shape index (κ2) is 4.89. The predicted molar refractivity (Wildman–Crippen MR) is 68.7 cm³/mol. The molecule has 1 heterocycles. The number of hydrogen-bond donors (Lipinski definition) is 1. The SMILES string of the molecule is CN=C1S[C@@H](Cc2ccccc2)[C@H](O)N1C. The Morgan fingerprint density at radius 2 is 2.06 bits per heavy atom. The van der Waals surface area contributed by atoms with Gasteiger partial charge in [-0.3, -0.25) is 4.99 Å². The molecule has 0 unspecified atom stereocenters. The molecule has 2 rings (SSSR count). The molecule has 0 saturated carbocycles. The predicted octanol–water partition coefficient (Wildman–Crippen LogP) is 1.58. The second-order valence-electron chi connectivity index (χ2n) is 3.88. The van der Waals surface area contributed by atoms with E-state index in [-0.39, 0.29) is 5.25 Å². The van der Waals surface area contributed by atoms with Gasteiger partial charge in [0.25, 0.3) is 0 Å². The van der Waals surface area contributed by atoms with E-state index in [9.17, 15) is 5.11 Å². The Kier molecular flexibility index (Phi) is 3.51. The van der Waals surface area contributed by atoms with Crippen LogP contribution in [0, 0.1) is 0 Å². The van der Waals surface area contributed by atoms with Crippen LogP contribution in [0.3, 0.4) is 0 Å². The maximum absolute atomic E-state index is 10.0. The van der Waals surface area contributed by atoms with Gasteiger partial charge in [-0.1, -0.05) is 42.1 Å². The summed E-state index contributed by atoms with van der Waals surface area (Å²) in [6.07, 6.45) is 0.430. The number of nitrogens with zero attached hydrogens (tertiary/aromatic N) is 2. The minimum atomic E-state index is -0.441. The molecule has 0 aromatic heterocycles. The highest BCUT2D eigenvalue weighted by molar-refractivity contribution is 8.14. The number of aliphatic hydroxyl groups excluding tert-OH is 1. The van der Waals surface area contributed by atoms with Crippen molar-refractivity contribution < 1.29 is 5.11 Å². The number of amidine groups is 1. The minimum absolute atomic E-state index is 0.172. The summed E-state index contributed by atoms with van der Waals surface area (Å²) in [5.41, 5.74) is 1.25. The lowest BCUT2D eigenvalue weighted by molar-refractivity contribution is 0.0758. The molecule has 1 aromatic carbocycles. The molecule has 0 spiro atoms. The molecule has 2 atom stereocenters. The zero-order chi connectivity index (χ0) is 11.5. The third-order valence-corrected chi connectivity index (χ3v) is 4.15. The van der Waals surface area contributed by atoms with Gasteiger partial charge in [0.1, 0.15) is 6.23 Å². The van der Waals surface area contributed by atoms with E-state index in [1.54, 1.807) is 18.8 Å². The lowest BCUT2D eigenvalue weighted by Crippen LogP contribution is -2.34. The lowest BCUT2D eigenvalue weighted by atomic mass is 10.1. The average molecular weight is 236 g/mol. The highest BCUT2D eigenvalue weighted by atomic mass is 32.2. The van der Waals surface area contributed by atoms with Gasteiger partial charge in [0.15, 0.2) is 5.17 Å². The van der Waals surface area contributed by atoms with Crippen molar-refractivity contribution in [1.29, 1.82) is 0 Å². The first-order chi connectivity index (χ1) is 7.72. The molecular formula is C12H16N2OS. The molecule has 0 bridgehead atoms. The smallest absolute Gasteiger partial charge is 0.161 e. The van der Waals surface area contributed by atoms with Crippen LogP contribution in [0.2, 0.25) is 0 Å². The molecule has 86 valence electrons. The normalized spacial score (nSPS) is 27.7. The topological polar surface area (TPSA) is 35.8 Å². The fourth-order valence-corrected chi connectivity index (χ4v) is 3.08. The van der Waals surface area contributed by atoms with Gasteiger partial charge in [0.05, 0.1) is 5.25 Å². The van der Waals surface area contributed by atoms with Crippen molar-refractivity contribution in [2.45, 2.75) is 17.9 Å². The third-order valence-electron chi connectivity index (χ3n) is 2.76. The van der Waals surface area contributed by atoms with Crippen LogP contribution in [0.4, 0.5) is 0 Å². The summed E-state index contributed by atoms with van der Waals surface area (Å²) in [4.78, 5) is 5.99. The first-order valence-electron chi connectivity index (χ1n) is 5.30. The number of aliphatic imine (C=N–C) groups is 1. The summed E-state index contributed by atoms with van der Waals surface area (Å²) < 4.78 is 0. The van der Waals surface area contributed by atoms with Gasteiger partial charge in [-0.25, -0.2) is 0 Å². The zero-order valence-corrected chi connectivity index (χ0v) is 10.3. The van der Waals surface area contributed by atoms with Crippen molar-refractivity contribution in [2.24, 2.45) is 4.99 Å². The van der Waals surface area contributed by atoms with Crippen LogP contribution in [-0.4, -0.2) is 40.7 Å². The van der Waals surface area contributed by atoms with E-state index < -0.39 is 6.23 Å². The van der Waals surface area contributed by atoms with Crippen molar-refractivity contribution in [3.05, 3.63) is 35.9 Å². The van der Waals surface area contributed by atoms with Gasteiger partial charge in [0.2, 0.25) is 0 Å². The Morgan fingerprint density at radius 1 is 1.38 bits per heavy atom. The second-order valence-corrected chi connectivity index (χ2v) is 5.08. The summed E-state index contributed by atoms with van der Waals surface area (Å²) in [5.74, 6) is 0. The monoisotopic (exact) mass is 236 g/mol. The van der Waals surface area contributed by atoms with E-state index in [4.69, 9.17) is 0 Å². The van der Waals surface area contributed by atoms with Crippen molar-refractivity contribution >= 4 is 16.9 Å². The molecule has 1 fully saturated rings. The Labute approximate surface area is 100 Å². The quantitative estimate of drug-likeness (QED) is 0.847. The van der Waals surface area contributed by atoms with E-state index >= 15 is 0 Å². The van der Waals surface area contributed by atoms with Crippen LogP contribution in [0.1, 0.15) is 5.56 Å². The van der Waals surface area contributed by atoms with Crippen LogP contribution in [0.15, 0.2) is 35.3 Å². The molecule has 1 aliphatic heterocycles. The summed E-state index contributed by atoms with van der Waals surface area (Å²) in [6.45, 7) is 0. The molecule has 1 saturated heterocycles. The van der Waals surface area contributed by atoms with Crippen LogP contribution in [-0.2, 0) is 6.42 Å². The molecule has 16 heavy (non-hydrogen) atoms.